The third-order valence-electron chi connectivity index (χ3n) is 7.62. The maximum absolute atomic E-state index is 12.9. The summed E-state index contributed by atoms with van der Waals surface area (Å²) >= 11 is 0. The van der Waals surface area contributed by atoms with E-state index in [4.69, 9.17) is 14.2 Å². The lowest BCUT2D eigenvalue weighted by Crippen LogP contribution is -2.40. The van der Waals surface area contributed by atoms with Crippen molar-refractivity contribution < 1.29 is 23.8 Å². The van der Waals surface area contributed by atoms with Gasteiger partial charge in [-0.3, -0.25) is 0 Å². The number of likely N-dealkylation sites (tertiary alicyclic amines) is 1. The highest BCUT2D eigenvalue weighted by molar-refractivity contribution is 5.89. The number of fused-ring (bicyclic) bond motifs is 1. The van der Waals surface area contributed by atoms with Crippen molar-refractivity contribution in [2.75, 3.05) is 75.9 Å². The maximum Gasteiger partial charge on any atom is 0.410 e. The van der Waals surface area contributed by atoms with Gasteiger partial charge in [-0.05, 0) is 37.1 Å². The smallest absolute Gasteiger partial charge is 0.410 e. The number of aromatic nitrogens is 3. The number of piperidine rings is 1. The van der Waals surface area contributed by atoms with Gasteiger partial charge in [-0.25, -0.2) is 24.5 Å². The van der Waals surface area contributed by atoms with Crippen molar-refractivity contribution in [3.63, 3.8) is 0 Å². The zero-order valence-corrected chi connectivity index (χ0v) is 22.3. The number of morpholine rings is 1. The second kappa shape index (κ2) is 11.9. The van der Waals surface area contributed by atoms with Gasteiger partial charge in [0.2, 0.25) is 0 Å². The molecule has 12 nitrogen and oxygen atoms in total. The molecule has 5 heterocycles. The predicted octanol–water partition coefficient (Wildman–Crippen LogP) is 3.10. The molecule has 40 heavy (non-hydrogen) atoms. The van der Waals surface area contributed by atoms with Gasteiger partial charge in [0.15, 0.2) is 0 Å². The fourth-order valence-electron chi connectivity index (χ4n) is 5.37. The van der Waals surface area contributed by atoms with Crippen molar-refractivity contribution >= 4 is 34.5 Å². The predicted molar refractivity (Wildman–Crippen MR) is 148 cm³/mol. The molecule has 1 N–H and O–H groups in total. The second-order valence-corrected chi connectivity index (χ2v) is 10.1. The minimum absolute atomic E-state index is 0.115. The third-order valence-corrected chi connectivity index (χ3v) is 7.62. The van der Waals surface area contributed by atoms with Gasteiger partial charge >= 0.3 is 12.1 Å². The van der Waals surface area contributed by atoms with Crippen LogP contribution in [-0.4, -0.2) is 103 Å². The van der Waals surface area contributed by atoms with Crippen molar-refractivity contribution in [2.24, 2.45) is 0 Å². The number of hydrogen-bond donors (Lipinski definition) is 1. The first kappa shape index (κ1) is 26.1. The van der Waals surface area contributed by atoms with Crippen LogP contribution in [0.1, 0.15) is 24.5 Å². The SMILES string of the molecule is O=C(Nc1ccc(N2CCOCC2)nc1)N1CCC(c2ncnc3cc(OCCN4CCOC4=O)ccc23)CC1. The first-order chi connectivity index (χ1) is 19.6. The normalized spacial score (nSPS) is 18.2. The van der Waals surface area contributed by atoms with Crippen LogP contribution in [0.5, 0.6) is 5.75 Å². The molecule has 0 spiro atoms. The fourth-order valence-corrected chi connectivity index (χ4v) is 5.37. The minimum atomic E-state index is -0.293. The second-order valence-electron chi connectivity index (χ2n) is 10.1. The van der Waals surface area contributed by atoms with Crippen LogP contribution in [-0.2, 0) is 9.47 Å². The molecule has 3 aromatic rings. The molecule has 2 aromatic heterocycles. The van der Waals surface area contributed by atoms with E-state index < -0.39 is 0 Å². The molecule has 12 heteroatoms. The molecule has 0 saturated carbocycles. The van der Waals surface area contributed by atoms with E-state index in [1.54, 1.807) is 17.4 Å². The largest absolute Gasteiger partial charge is 0.492 e. The van der Waals surface area contributed by atoms with Crippen LogP contribution in [0.2, 0.25) is 0 Å². The highest BCUT2D eigenvalue weighted by atomic mass is 16.6. The van der Waals surface area contributed by atoms with Crippen LogP contribution < -0.4 is 15.0 Å². The van der Waals surface area contributed by atoms with E-state index in [0.29, 0.717) is 64.0 Å². The number of anilines is 2. The van der Waals surface area contributed by atoms with Gasteiger partial charge in [0, 0.05) is 43.5 Å². The average molecular weight is 548 g/mol. The Balaban J connectivity index is 1.02. The summed E-state index contributed by atoms with van der Waals surface area (Å²) in [7, 11) is 0. The summed E-state index contributed by atoms with van der Waals surface area (Å²) in [4.78, 5) is 43.8. The van der Waals surface area contributed by atoms with Crippen LogP contribution >= 0.6 is 0 Å². The monoisotopic (exact) mass is 547 g/mol. The quantitative estimate of drug-likeness (QED) is 0.475. The van der Waals surface area contributed by atoms with Crippen molar-refractivity contribution in [1.29, 1.82) is 0 Å². The number of carbonyl (C=O) groups is 2. The van der Waals surface area contributed by atoms with Crippen LogP contribution in [0, 0.1) is 0 Å². The summed E-state index contributed by atoms with van der Waals surface area (Å²) in [5, 5.41) is 3.98. The van der Waals surface area contributed by atoms with E-state index in [2.05, 4.69) is 25.2 Å². The Morgan fingerprint density at radius 3 is 2.60 bits per heavy atom. The first-order valence-electron chi connectivity index (χ1n) is 13.8. The number of amides is 3. The molecule has 210 valence electrons. The third kappa shape index (κ3) is 5.86. The molecule has 0 bridgehead atoms. The Hall–Kier alpha value is -4.19. The molecule has 1 aromatic carbocycles. The number of rotatable bonds is 7. The Morgan fingerprint density at radius 2 is 1.85 bits per heavy atom. The van der Waals surface area contributed by atoms with E-state index in [-0.39, 0.29) is 18.0 Å². The Morgan fingerprint density at radius 1 is 1.00 bits per heavy atom. The van der Waals surface area contributed by atoms with Gasteiger partial charge in [0.1, 0.15) is 31.1 Å². The molecule has 3 saturated heterocycles. The van der Waals surface area contributed by atoms with Gasteiger partial charge in [-0.15, -0.1) is 0 Å². The summed E-state index contributed by atoms with van der Waals surface area (Å²) in [6.45, 7) is 6.22. The highest BCUT2D eigenvalue weighted by Crippen LogP contribution is 2.32. The highest BCUT2D eigenvalue weighted by Gasteiger charge is 2.26. The van der Waals surface area contributed by atoms with E-state index >= 15 is 0 Å². The van der Waals surface area contributed by atoms with Crippen molar-refractivity contribution in [3.05, 3.63) is 48.5 Å². The lowest BCUT2D eigenvalue weighted by atomic mass is 9.91. The molecular weight excluding hydrogens is 514 g/mol. The molecule has 3 aliphatic heterocycles. The zero-order valence-electron chi connectivity index (χ0n) is 22.3. The standard InChI is InChI=1S/C28H33N7O5/c36-27(32-21-1-4-25(29-18-21)33-9-13-38-14-10-33)34-7-5-20(6-8-34)26-23-3-2-22(17-24(23)30-19-31-26)39-15-11-35-12-16-40-28(35)37/h1-4,17-20H,5-16H2,(H,32,36). The molecule has 0 atom stereocenters. The lowest BCUT2D eigenvalue weighted by molar-refractivity contribution is 0.122. The van der Waals surface area contributed by atoms with E-state index in [9.17, 15) is 9.59 Å². The average Bonchev–Trinajstić information content (AvgIpc) is 3.42. The number of nitrogens with one attached hydrogen (secondary N) is 1. The molecular formula is C28H33N7O5. The van der Waals surface area contributed by atoms with Gasteiger partial charge < -0.3 is 34.2 Å². The van der Waals surface area contributed by atoms with Crippen LogP contribution in [0.25, 0.3) is 10.9 Å². The van der Waals surface area contributed by atoms with Crippen molar-refractivity contribution in [2.45, 2.75) is 18.8 Å². The number of cyclic esters (lactones) is 1. The number of hydrogen-bond acceptors (Lipinski definition) is 9. The summed E-state index contributed by atoms with van der Waals surface area (Å²) in [6, 6.07) is 9.54. The summed E-state index contributed by atoms with van der Waals surface area (Å²) < 4.78 is 16.2. The molecule has 0 aliphatic carbocycles. The molecule has 3 fully saturated rings. The van der Waals surface area contributed by atoms with E-state index in [0.717, 1.165) is 48.3 Å². The summed E-state index contributed by atoms with van der Waals surface area (Å²) in [6.07, 6.45) is 4.64. The molecule has 3 amide bonds. The minimum Gasteiger partial charge on any atom is -0.492 e. The number of urea groups is 1. The number of pyridine rings is 1. The molecule has 0 radical (unpaired) electrons. The van der Waals surface area contributed by atoms with Gasteiger partial charge in [0.25, 0.3) is 0 Å². The Bertz CT molecular complexity index is 1340. The number of nitrogens with zero attached hydrogens (tertiary/aromatic N) is 6. The summed E-state index contributed by atoms with van der Waals surface area (Å²) in [5.41, 5.74) is 2.50. The maximum atomic E-state index is 12.9. The topological polar surface area (TPSA) is 122 Å². The van der Waals surface area contributed by atoms with E-state index in [1.165, 1.54) is 0 Å². The fraction of sp³-hybridized carbons (Fsp3) is 0.464. The van der Waals surface area contributed by atoms with Crippen LogP contribution in [0.3, 0.4) is 0 Å². The van der Waals surface area contributed by atoms with Crippen molar-refractivity contribution in [1.82, 2.24) is 24.8 Å². The number of ether oxygens (including phenoxy) is 3. The first-order valence-corrected chi connectivity index (χ1v) is 13.8. The molecule has 3 aliphatic rings. The molecule has 0 unspecified atom stereocenters. The number of benzene rings is 1. The van der Waals surface area contributed by atoms with Gasteiger partial charge in [0.05, 0.1) is 49.4 Å². The number of carbonyl (C=O) groups excluding carboxylic acids is 2. The van der Waals surface area contributed by atoms with E-state index in [1.807, 2.05) is 35.2 Å². The Kier molecular flexibility index (Phi) is 7.76. The van der Waals surface area contributed by atoms with Crippen LogP contribution in [0.4, 0.5) is 21.1 Å². The zero-order chi connectivity index (χ0) is 27.3. The lowest BCUT2D eigenvalue weighted by Gasteiger charge is -2.32. The summed E-state index contributed by atoms with van der Waals surface area (Å²) in [5.74, 6) is 1.83. The van der Waals surface area contributed by atoms with Crippen molar-refractivity contribution in [3.8, 4) is 5.75 Å². The van der Waals surface area contributed by atoms with Crippen LogP contribution in [0.15, 0.2) is 42.9 Å². The Labute approximate surface area is 232 Å². The molecule has 6 rings (SSSR count). The van der Waals surface area contributed by atoms with Gasteiger partial charge in [-0.2, -0.15) is 0 Å². The van der Waals surface area contributed by atoms with Gasteiger partial charge in [-0.1, -0.05) is 0 Å².